The average Bonchev–Trinajstić information content (AvgIpc) is 3.26. The van der Waals surface area contributed by atoms with Crippen LogP contribution in [0, 0.1) is 6.92 Å². The number of aromatic nitrogens is 2. The molecule has 0 radical (unpaired) electrons. The molecule has 0 aliphatic rings. The first-order valence-electron chi connectivity index (χ1n) is 7.88. The quantitative estimate of drug-likeness (QED) is 0.721. The van der Waals surface area contributed by atoms with E-state index in [2.05, 4.69) is 15.7 Å². The lowest BCUT2D eigenvalue weighted by Crippen LogP contribution is -2.34. The molecule has 1 aromatic carbocycles. The van der Waals surface area contributed by atoms with E-state index in [1.807, 2.05) is 37.3 Å². The van der Waals surface area contributed by atoms with E-state index in [9.17, 15) is 4.79 Å². The Morgan fingerprint density at radius 3 is 2.88 bits per heavy atom. The van der Waals surface area contributed by atoms with E-state index in [4.69, 9.17) is 9.15 Å². The van der Waals surface area contributed by atoms with Crippen LogP contribution in [0.2, 0.25) is 0 Å². The summed E-state index contributed by atoms with van der Waals surface area (Å²) >= 11 is 0. The lowest BCUT2D eigenvalue weighted by atomic mass is 10.2. The second kappa shape index (κ2) is 7.67. The third kappa shape index (κ3) is 4.07. The van der Waals surface area contributed by atoms with Gasteiger partial charge in [0.05, 0.1) is 18.6 Å². The highest BCUT2D eigenvalue weighted by atomic mass is 16.5. The van der Waals surface area contributed by atoms with Crippen molar-refractivity contribution in [1.29, 1.82) is 0 Å². The number of ether oxygens (including phenoxy) is 1. The predicted molar refractivity (Wildman–Crippen MR) is 93.8 cm³/mol. The number of urea groups is 1. The van der Waals surface area contributed by atoms with Gasteiger partial charge < -0.3 is 19.8 Å². The molecule has 0 spiro atoms. The van der Waals surface area contributed by atoms with Gasteiger partial charge in [0.1, 0.15) is 11.8 Å². The summed E-state index contributed by atoms with van der Waals surface area (Å²) in [5.41, 5.74) is 2.56. The van der Waals surface area contributed by atoms with Crippen molar-refractivity contribution >= 4 is 11.7 Å². The van der Waals surface area contributed by atoms with Crippen LogP contribution in [0.3, 0.4) is 0 Å². The molecule has 7 heteroatoms. The minimum atomic E-state index is -0.364. The Hall–Kier alpha value is -3.06. The van der Waals surface area contributed by atoms with E-state index in [1.54, 1.807) is 36.4 Å². The maximum Gasteiger partial charge on any atom is 0.319 e. The normalized spacial score (nSPS) is 11.9. The smallest absolute Gasteiger partial charge is 0.319 e. The Kier molecular flexibility index (Phi) is 5.15. The Balaban J connectivity index is 1.69. The van der Waals surface area contributed by atoms with Crippen molar-refractivity contribution in [1.82, 2.24) is 15.1 Å². The second-order valence-corrected chi connectivity index (χ2v) is 5.56. The fourth-order valence-corrected chi connectivity index (χ4v) is 2.53. The number of benzene rings is 1. The summed E-state index contributed by atoms with van der Waals surface area (Å²) in [5, 5.41) is 9.94. The highest BCUT2D eigenvalue weighted by Gasteiger charge is 2.17. The van der Waals surface area contributed by atoms with E-state index in [0.717, 1.165) is 11.4 Å². The molecule has 0 aliphatic heterocycles. The lowest BCUT2D eigenvalue weighted by Gasteiger charge is -2.16. The standard InChI is InChI=1S/C18H20N4O3/c1-13-8-9-19-22(13)15-6-3-5-14(11-15)20-18(23)21-16(12-24-2)17-7-4-10-25-17/h3-11,16H,12H2,1-2H3,(H2,20,21,23)/t16-/m0/s1. The van der Waals surface area contributed by atoms with Crippen molar-refractivity contribution in [2.75, 3.05) is 19.0 Å². The zero-order chi connectivity index (χ0) is 17.6. The first-order chi connectivity index (χ1) is 12.2. The molecule has 2 amide bonds. The number of hydrogen-bond donors (Lipinski definition) is 2. The van der Waals surface area contributed by atoms with Crippen molar-refractivity contribution in [2.24, 2.45) is 0 Å². The predicted octanol–water partition coefficient (Wildman–Crippen LogP) is 3.28. The number of carbonyl (C=O) groups excluding carboxylic acids is 1. The number of nitrogens with one attached hydrogen (secondary N) is 2. The molecule has 3 aromatic rings. The van der Waals surface area contributed by atoms with Gasteiger partial charge in [-0.25, -0.2) is 9.48 Å². The summed E-state index contributed by atoms with van der Waals surface area (Å²) in [6, 6.07) is 12.3. The minimum absolute atomic E-state index is 0.313. The zero-order valence-electron chi connectivity index (χ0n) is 14.1. The number of furan rings is 1. The first-order valence-corrected chi connectivity index (χ1v) is 7.88. The third-order valence-electron chi connectivity index (χ3n) is 3.71. The minimum Gasteiger partial charge on any atom is -0.467 e. The van der Waals surface area contributed by atoms with Gasteiger partial charge in [-0.3, -0.25) is 0 Å². The van der Waals surface area contributed by atoms with E-state index in [1.165, 1.54) is 0 Å². The Bertz CT molecular complexity index is 826. The average molecular weight is 340 g/mol. The number of carbonyl (C=O) groups is 1. The van der Waals surface area contributed by atoms with Crippen LogP contribution in [0.5, 0.6) is 0 Å². The van der Waals surface area contributed by atoms with Crippen molar-refractivity contribution in [3.05, 3.63) is 66.4 Å². The van der Waals surface area contributed by atoms with E-state index < -0.39 is 0 Å². The highest BCUT2D eigenvalue weighted by molar-refractivity contribution is 5.89. The Morgan fingerprint density at radius 2 is 2.20 bits per heavy atom. The van der Waals surface area contributed by atoms with Crippen molar-refractivity contribution in [3.8, 4) is 5.69 Å². The molecule has 0 saturated carbocycles. The van der Waals surface area contributed by atoms with Crippen LogP contribution in [0.25, 0.3) is 5.69 Å². The summed E-state index contributed by atoms with van der Waals surface area (Å²) in [4.78, 5) is 12.3. The van der Waals surface area contributed by atoms with Gasteiger partial charge in [0.2, 0.25) is 0 Å². The Morgan fingerprint density at radius 1 is 1.32 bits per heavy atom. The molecule has 2 aromatic heterocycles. The highest BCUT2D eigenvalue weighted by Crippen LogP contribution is 2.17. The van der Waals surface area contributed by atoms with Crippen molar-refractivity contribution in [3.63, 3.8) is 0 Å². The van der Waals surface area contributed by atoms with Crippen LogP contribution < -0.4 is 10.6 Å². The first kappa shape index (κ1) is 16.8. The van der Waals surface area contributed by atoms with E-state index >= 15 is 0 Å². The third-order valence-corrected chi connectivity index (χ3v) is 3.71. The maximum absolute atomic E-state index is 12.3. The zero-order valence-corrected chi connectivity index (χ0v) is 14.1. The van der Waals surface area contributed by atoms with Gasteiger partial charge in [-0.15, -0.1) is 0 Å². The molecule has 2 heterocycles. The molecule has 0 unspecified atom stereocenters. The lowest BCUT2D eigenvalue weighted by molar-refractivity contribution is 0.159. The molecule has 7 nitrogen and oxygen atoms in total. The monoisotopic (exact) mass is 340 g/mol. The van der Waals surface area contributed by atoms with E-state index in [0.29, 0.717) is 18.1 Å². The van der Waals surface area contributed by atoms with Crippen LogP contribution in [-0.4, -0.2) is 29.5 Å². The van der Waals surface area contributed by atoms with Gasteiger partial charge >= 0.3 is 6.03 Å². The number of rotatable bonds is 6. The second-order valence-electron chi connectivity index (χ2n) is 5.56. The maximum atomic E-state index is 12.3. The van der Waals surface area contributed by atoms with Gasteiger partial charge in [-0.2, -0.15) is 5.10 Å². The fraction of sp³-hybridized carbons (Fsp3) is 0.222. The van der Waals surface area contributed by atoms with Crippen molar-refractivity contribution < 1.29 is 13.9 Å². The molecule has 1 atom stereocenters. The summed E-state index contributed by atoms with van der Waals surface area (Å²) in [5.74, 6) is 0.637. The molecular weight excluding hydrogens is 320 g/mol. The van der Waals surface area contributed by atoms with E-state index in [-0.39, 0.29) is 12.1 Å². The fourth-order valence-electron chi connectivity index (χ4n) is 2.53. The largest absolute Gasteiger partial charge is 0.467 e. The number of aryl methyl sites for hydroxylation is 1. The number of amides is 2. The topological polar surface area (TPSA) is 81.3 Å². The number of nitrogens with zero attached hydrogens (tertiary/aromatic N) is 2. The van der Waals surface area contributed by atoms with Crippen LogP contribution in [0.4, 0.5) is 10.5 Å². The molecule has 25 heavy (non-hydrogen) atoms. The molecule has 3 rings (SSSR count). The SMILES string of the molecule is COC[C@H](NC(=O)Nc1cccc(-n2nccc2C)c1)c1ccco1. The van der Waals surface area contributed by atoms with Crippen LogP contribution in [0.15, 0.2) is 59.3 Å². The summed E-state index contributed by atoms with van der Waals surface area (Å²) < 4.78 is 12.3. The molecular formula is C18H20N4O3. The molecule has 0 aliphatic carbocycles. The molecule has 0 bridgehead atoms. The molecule has 0 fully saturated rings. The van der Waals surface area contributed by atoms with Gasteiger partial charge in [0.25, 0.3) is 0 Å². The van der Waals surface area contributed by atoms with Gasteiger partial charge in [-0.05, 0) is 43.3 Å². The van der Waals surface area contributed by atoms with Crippen LogP contribution in [0.1, 0.15) is 17.5 Å². The molecule has 2 N–H and O–H groups in total. The summed E-state index contributed by atoms with van der Waals surface area (Å²) in [6.07, 6.45) is 3.30. The molecule has 130 valence electrons. The number of methoxy groups -OCH3 is 1. The summed E-state index contributed by atoms with van der Waals surface area (Å²) in [6.45, 7) is 2.28. The molecule has 0 saturated heterocycles. The van der Waals surface area contributed by atoms with Gasteiger partial charge in [-0.1, -0.05) is 6.07 Å². The Labute approximate surface area is 145 Å². The van der Waals surface area contributed by atoms with Crippen LogP contribution >= 0.6 is 0 Å². The summed E-state index contributed by atoms with van der Waals surface area (Å²) in [7, 11) is 1.57. The van der Waals surface area contributed by atoms with Gasteiger partial charge in [0, 0.05) is 24.7 Å². The van der Waals surface area contributed by atoms with Crippen LogP contribution in [-0.2, 0) is 4.74 Å². The van der Waals surface area contributed by atoms with Gasteiger partial charge in [0.15, 0.2) is 0 Å². The van der Waals surface area contributed by atoms with Crippen molar-refractivity contribution in [2.45, 2.75) is 13.0 Å². The number of hydrogen-bond acceptors (Lipinski definition) is 4. The number of anilines is 1.